The molecule has 0 aliphatic heterocycles. The van der Waals surface area contributed by atoms with Crippen LogP contribution in [0.3, 0.4) is 0 Å². The predicted octanol–water partition coefficient (Wildman–Crippen LogP) is 0.766. The van der Waals surface area contributed by atoms with E-state index in [4.69, 9.17) is 0 Å². The second kappa shape index (κ2) is 3.53. The Balaban J connectivity index is 2.02. The first-order chi connectivity index (χ1) is 6.77. The van der Waals surface area contributed by atoms with Gasteiger partial charge in [-0.25, -0.2) is 4.98 Å². The molecule has 0 aromatic carbocycles. The van der Waals surface area contributed by atoms with Crippen LogP contribution in [0.2, 0.25) is 0 Å². The molecule has 74 valence electrons. The van der Waals surface area contributed by atoms with Crippen LogP contribution in [0.1, 0.15) is 5.69 Å². The quantitative estimate of drug-likeness (QED) is 0.779. The van der Waals surface area contributed by atoms with E-state index in [9.17, 15) is 0 Å². The topological polar surface area (TPSA) is 47.7 Å². The number of nitrogens with zero attached hydrogens (tertiary/aromatic N) is 4. The van der Waals surface area contributed by atoms with Gasteiger partial charge in [0.05, 0.1) is 12.2 Å². The van der Waals surface area contributed by atoms with Crippen LogP contribution in [0, 0.1) is 0 Å². The summed E-state index contributed by atoms with van der Waals surface area (Å²) in [6, 6.07) is 1.98. The van der Waals surface area contributed by atoms with Crippen LogP contribution in [0.5, 0.6) is 0 Å². The second-order valence-electron chi connectivity index (χ2n) is 3.16. The summed E-state index contributed by atoms with van der Waals surface area (Å²) in [6.45, 7) is 0.737. The van der Waals surface area contributed by atoms with E-state index in [1.165, 1.54) is 0 Å². The summed E-state index contributed by atoms with van der Waals surface area (Å²) in [7, 11) is 3.88. The predicted molar refractivity (Wildman–Crippen MR) is 53.7 cm³/mol. The van der Waals surface area contributed by atoms with Crippen molar-refractivity contribution >= 4 is 5.95 Å². The molecule has 0 saturated heterocycles. The Bertz CT molecular complexity index is 374. The van der Waals surface area contributed by atoms with Crippen molar-refractivity contribution in [2.75, 3.05) is 5.32 Å². The van der Waals surface area contributed by atoms with Gasteiger partial charge in [0.25, 0.3) is 0 Å². The monoisotopic (exact) mass is 191 g/mol. The molecule has 2 rings (SSSR count). The molecule has 0 aliphatic carbocycles. The maximum absolute atomic E-state index is 4.17. The molecule has 0 atom stereocenters. The number of nitrogens with one attached hydrogen (secondary N) is 1. The Hall–Kier alpha value is -1.78. The van der Waals surface area contributed by atoms with Crippen molar-refractivity contribution in [2.24, 2.45) is 14.1 Å². The lowest BCUT2D eigenvalue weighted by molar-refractivity contribution is 0.717. The zero-order chi connectivity index (χ0) is 9.97. The first-order valence-electron chi connectivity index (χ1n) is 4.45. The minimum Gasteiger partial charge on any atom is -0.350 e. The van der Waals surface area contributed by atoms with Crippen molar-refractivity contribution in [3.8, 4) is 0 Å². The van der Waals surface area contributed by atoms with E-state index in [1.54, 1.807) is 12.4 Å². The van der Waals surface area contributed by atoms with E-state index in [-0.39, 0.29) is 0 Å². The average molecular weight is 191 g/mol. The van der Waals surface area contributed by atoms with Crippen molar-refractivity contribution in [1.29, 1.82) is 0 Å². The van der Waals surface area contributed by atoms with Gasteiger partial charge >= 0.3 is 0 Å². The number of rotatable bonds is 3. The molecule has 1 N–H and O–H groups in total. The molecule has 5 nitrogen and oxygen atoms in total. The molecule has 14 heavy (non-hydrogen) atoms. The van der Waals surface area contributed by atoms with Gasteiger partial charge in [0, 0.05) is 32.7 Å². The number of anilines is 1. The molecule has 0 saturated carbocycles. The van der Waals surface area contributed by atoms with Crippen molar-refractivity contribution < 1.29 is 0 Å². The van der Waals surface area contributed by atoms with Crippen LogP contribution in [-0.4, -0.2) is 19.3 Å². The van der Waals surface area contributed by atoms with Crippen LogP contribution in [0.25, 0.3) is 0 Å². The molecule has 2 aromatic heterocycles. The number of aromatic nitrogens is 4. The van der Waals surface area contributed by atoms with E-state index in [0.717, 1.165) is 18.2 Å². The van der Waals surface area contributed by atoms with Crippen molar-refractivity contribution in [1.82, 2.24) is 19.3 Å². The van der Waals surface area contributed by atoms with E-state index in [2.05, 4.69) is 15.4 Å². The summed E-state index contributed by atoms with van der Waals surface area (Å²) >= 11 is 0. The standard InChI is InChI=1S/C9H13N5/c1-13-6-5-10-9(13)11-7-8-3-4-12-14(8)2/h3-6H,7H2,1-2H3,(H,10,11). The summed E-state index contributed by atoms with van der Waals surface area (Å²) in [5.74, 6) is 0.867. The maximum atomic E-state index is 4.17. The Kier molecular flexibility index (Phi) is 2.22. The maximum Gasteiger partial charge on any atom is 0.202 e. The zero-order valence-corrected chi connectivity index (χ0v) is 8.31. The number of aryl methyl sites for hydroxylation is 2. The summed E-state index contributed by atoms with van der Waals surface area (Å²) in [6.07, 6.45) is 5.46. The smallest absolute Gasteiger partial charge is 0.202 e. The minimum absolute atomic E-state index is 0.737. The molecule has 0 bridgehead atoms. The van der Waals surface area contributed by atoms with Gasteiger partial charge in [0.1, 0.15) is 0 Å². The molecule has 0 radical (unpaired) electrons. The zero-order valence-electron chi connectivity index (χ0n) is 8.31. The van der Waals surface area contributed by atoms with Crippen LogP contribution in [-0.2, 0) is 20.6 Å². The van der Waals surface area contributed by atoms with Gasteiger partial charge < -0.3 is 9.88 Å². The molecule has 0 fully saturated rings. The molecule has 5 heteroatoms. The van der Waals surface area contributed by atoms with Crippen molar-refractivity contribution in [3.05, 3.63) is 30.4 Å². The highest BCUT2D eigenvalue weighted by atomic mass is 15.3. The molecular formula is C9H13N5. The molecule has 0 aliphatic rings. The highest BCUT2D eigenvalue weighted by Crippen LogP contribution is 2.04. The lowest BCUT2D eigenvalue weighted by Gasteiger charge is -2.05. The van der Waals surface area contributed by atoms with Gasteiger partial charge in [0.2, 0.25) is 5.95 Å². The fourth-order valence-corrected chi connectivity index (χ4v) is 1.28. The SMILES string of the molecule is Cn1ccnc1NCc1ccnn1C. The largest absolute Gasteiger partial charge is 0.350 e. The molecular weight excluding hydrogens is 178 g/mol. The third kappa shape index (κ3) is 1.61. The summed E-state index contributed by atoms with van der Waals surface area (Å²) in [5.41, 5.74) is 1.13. The number of hydrogen-bond donors (Lipinski definition) is 1. The van der Waals surface area contributed by atoms with Crippen LogP contribution >= 0.6 is 0 Å². The average Bonchev–Trinajstić information content (AvgIpc) is 2.72. The van der Waals surface area contributed by atoms with E-state index in [1.807, 2.05) is 35.6 Å². The Morgan fingerprint density at radius 3 is 2.79 bits per heavy atom. The third-order valence-electron chi connectivity index (χ3n) is 2.17. The minimum atomic E-state index is 0.737. The number of hydrogen-bond acceptors (Lipinski definition) is 3. The molecule has 2 heterocycles. The Labute approximate surface area is 82.4 Å². The summed E-state index contributed by atoms with van der Waals surface area (Å²) < 4.78 is 3.78. The lowest BCUT2D eigenvalue weighted by atomic mass is 10.4. The van der Waals surface area contributed by atoms with Crippen molar-refractivity contribution in [3.63, 3.8) is 0 Å². The van der Waals surface area contributed by atoms with E-state index < -0.39 is 0 Å². The van der Waals surface area contributed by atoms with Gasteiger partial charge in [-0.1, -0.05) is 0 Å². The second-order valence-corrected chi connectivity index (χ2v) is 3.16. The third-order valence-corrected chi connectivity index (χ3v) is 2.17. The van der Waals surface area contributed by atoms with E-state index >= 15 is 0 Å². The van der Waals surface area contributed by atoms with Gasteiger partial charge in [-0.15, -0.1) is 0 Å². The molecule has 0 spiro atoms. The van der Waals surface area contributed by atoms with Crippen molar-refractivity contribution in [2.45, 2.75) is 6.54 Å². The number of imidazole rings is 1. The lowest BCUT2D eigenvalue weighted by Crippen LogP contribution is -2.08. The fraction of sp³-hybridized carbons (Fsp3) is 0.333. The fourth-order valence-electron chi connectivity index (χ4n) is 1.28. The highest BCUT2D eigenvalue weighted by molar-refractivity contribution is 5.26. The highest BCUT2D eigenvalue weighted by Gasteiger charge is 2.00. The van der Waals surface area contributed by atoms with Gasteiger partial charge in [-0.2, -0.15) is 5.10 Å². The molecule has 0 amide bonds. The molecule has 2 aromatic rings. The Morgan fingerprint density at radius 2 is 2.21 bits per heavy atom. The van der Waals surface area contributed by atoms with Gasteiger partial charge in [-0.05, 0) is 6.07 Å². The first-order valence-corrected chi connectivity index (χ1v) is 4.45. The Morgan fingerprint density at radius 1 is 1.36 bits per heavy atom. The summed E-state index contributed by atoms with van der Waals surface area (Å²) in [4.78, 5) is 4.17. The van der Waals surface area contributed by atoms with Crippen LogP contribution < -0.4 is 5.32 Å². The van der Waals surface area contributed by atoms with Crippen LogP contribution in [0.4, 0.5) is 5.95 Å². The summed E-state index contributed by atoms with van der Waals surface area (Å²) in [5, 5.41) is 7.32. The first kappa shape index (κ1) is 8.80. The van der Waals surface area contributed by atoms with Gasteiger partial charge in [-0.3, -0.25) is 4.68 Å². The normalized spacial score (nSPS) is 10.4. The van der Waals surface area contributed by atoms with E-state index in [0.29, 0.717) is 0 Å². The van der Waals surface area contributed by atoms with Crippen LogP contribution in [0.15, 0.2) is 24.7 Å². The molecule has 0 unspecified atom stereocenters. The van der Waals surface area contributed by atoms with Gasteiger partial charge in [0.15, 0.2) is 0 Å².